The van der Waals surface area contributed by atoms with Crippen LogP contribution >= 0.6 is 0 Å². The first-order chi connectivity index (χ1) is 28.7. The predicted octanol–water partition coefficient (Wildman–Crippen LogP) is 3.75. The molecule has 7 atom stereocenters. The van der Waals surface area contributed by atoms with Gasteiger partial charge in [-0.1, -0.05) is 64.8 Å². The normalized spacial score (nSPS) is 23.3. The van der Waals surface area contributed by atoms with Crippen LogP contribution in [0.4, 0.5) is 0 Å². The van der Waals surface area contributed by atoms with Gasteiger partial charge in [0.15, 0.2) is 5.78 Å². The second-order valence-corrected chi connectivity index (χ2v) is 17.4. The summed E-state index contributed by atoms with van der Waals surface area (Å²) < 4.78 is 0. The van der Waals surface area contributed by atoms with E-state index in [1.165, 1.54) is 11.8 Å². The summed E-state index contributed by atoms with van der Waals surface area (Å²) in [7, 11) is 0. The van der Waals surface area contributed by atoms with E-state index in [0.29, 0.717) is 82.0 Å². The zero-order valence-corrected chi connectivity index (χ0v) is 36.9. The number of benzene rings is 1. The van der Waals surface area contributed by atoms with Crippen LogP contribution in [0.2, 0.25) is 0 Å². The first-order valence-corrected chi connectivity index (χ1v) is 22.5. The first kappa shape index (κ1) is 50.2. The largest absolute Gasteiger partial charge is 0.508 e. The van der Waals surface area contributed by atoms with Gasteiger partial charge in [-0.3, -0.25) is 28.8 Å². The molecule has 2 bridgehead atoms. The molecule has 0 saturated carbocycles. The molecule has 0 spiro atoms. The second kappa shape index (κ2) is 26.3. The van der Waals surface area contributed by atoms with E-state index in [4.69, 9.17) is 11.5 Å². The molecule has 0 radical (unpaired) electrons. The fraction of sp³-hybridized carbons (Fsp3) is 0.696. The number of phenolic OH excluding ortho intramolecular Hbond substituents is 1. The first-order valence-electron chi connectivity index (χ1n) is 22.5. The molecule has 0 aromatic heterocycles. The van der Waals surface area contributed by atoms with Crippen LogP contribution in [-0.4, -0.2) is 102 Å². The summed E-state index contributed by atoms with van der Waals surface area (Å²) in [4.78, 5) is 84.3. The number of aromatic hydroxyl groups is 1. The van der Waals surface area contributed by atoms with Gasteiger partial charge in [0.1, 0.15) is 29.7 Å². The molecule has 336 valence electrons. The van der Waals surface area contributed by atoms with Crippen molar-refractivity contribution in [3.8, 4) is 5.75 Å². The predicted molar refractivity (Wildman–Crippen MR) is 235 cm³/mol. The van der Waals surface area contributed by atoms with E-state index in [-0.39, 0.29) is 47.9 Å². The Morgan fingerprint density at radius 3 is 2.42 bits per heavy atom. The van der Waals surface area contributed by atoms with Crippen molar-refractivity contribution in [1.82, 2.24) is 26.2 Å². The summed E-state index contributed by atoms with van der Waals surface area (Å²) >= 11 is 0. The van der Waals surface area contributed by atoms with E-state index in [9.17, 15) is 33.9 Å². The summed E-state index contributed by atoms with van der Waals surface area (Å²) in [5.74, 6) is -2.62. The van der Waals surface area contributed by atoms with Crippen molar-refractivity contribution in [2.45, 2.75) is 161 Å². The number of nitrogens with two attached hydrogens (primary N) is 2. The van der Waals surface area contributed by atoms with Crippen molar-refractivity contribution < 1.29 is 33.9 Å². The molecule has 3 rings (SSSR count). The average molecular weight is 838 g/mol. The number of Topliss-reactive ketones (excluding diaryl/α,β-unsaturated/α-hetero) is 2. The van der Waals surface area contributed by atoms with E-state index in [1.807, 2.05) is 39.8 Å². The smallest absolute Gasteiger partial charge is 0.245 e. The van der Waals surface area contributed by atoms with Gasteiger partial charge in [0, 0.05) is 25.3 Å². The molecule has 1 saturated heterocycles. The lowest BCUT2D eigenvalue weighted by molar-refractivity contribution is -0.142. The molecule has 60 heavy (non-hydrogen) atoms. The Labute approximate surface area is 358 Å². The maximum atomic E-state index is 14.4. The van der Waals surface area contributed by atoms with E-state index in [2.05, 4.69) is 27.3 Å². The Morgan fingerprint density at radius 1 is 0.967 bits per heavy atom. The van der Waals surface area contributed by atoms with Crippen LogP contribution in [0, 0.1) is 17.8 Å². The molecular formula is C46H75N7O7. The van der Waals surface area contributed by atoms with Crippen LogP contribution in [0.1, 0.15) is 129 Å². The van der Waals surface area contributed by atoms with Crippen molar-refractivity contribution in [2.75, 3.05) is 26.2 Å². The van der Waals surface area contributed by atoms with Crippen molar-refractivity contribution >= 4 is 35.2 Å². The van der Waals surface area contributed by atoms with Crippen LogP contribution in [0.15, 0.2) is 30.4 Å². The van der Waals surface area contributed by atoms with Crippen molar-refractivity contribution in [2.24, 2.45) is 29.2 Å². The summed E-state index contributed by atoms with van der Waals surface area (Å²) in [6.45, 7) is 11.6. The van der Waals surface area contributed by atoms with Gasteiger partial charge < -0.3 is 42.7 Å². The number of phenols is 1. The minimum absolute atomic E-state index is 0.00177. The van der Waals surface area contributed by atoms with Crippen LogP contribution in [-0.2, 0) is 41.6 Å². The van der Waals surface area contributed by atoms with Crippen molar-refractivity contribution in [3.63, 3.8) is 0 Å². The minimum atomic E-state index is -1.15. The Bertz CT molecular complexity index is 1600. The number of hydrogen-bond acceptors (Lipinski definition) is 10. The molecule has 14 nitrogen and oxygen atoms in total. The molecule has 2 aliphatic heterocycles. The van der Waals surface area contributed by atoms with E-state index >= 15 is 0 Å². The Morgan fingerprint density at radius 2 is 1.72 bits per heavy atom. The molecule has 1 aromatic carbocycles. The zero-order valence-electron chi connectivity index (χ0n) is 36.9. The number of carbonyl (C=O) groups is 6. The van der Waals surface area contributed by atoms with E-state index in [0.717, 1.165) is 38.8 Å². The molecule has 9 N–H and O–H groups in total. The van der Waals surface area contributed by atoms with E-state index in [1.54, 1.807) is 12.1 Å². The highest BCUT2D eigenvalue weighted by molar-refractivity contribution is 5.97. The average Bonchev–Trinajstić information content (AvgIpc) is 3.71. The lowest BCUT2D eigenvalue weighted by Gasteiger charge is -2.31. The van der Waals surface area contributed by atoms with Gasteiger partial charge >= 0.3 is 0 Å². The third kappa shape index (κ3) is 16.4. The third-order valence-electron chi connectivity index (χ3n) is 11.9. The Hall–Kier alpha value is -4.14. The van der Waals surface area contributed by atoms with Crippen LogP contribution in [0.25, 0.3) is 0 Å². The van der Waals surface area contributed by atoms with Gasteiger partial charge in [-0.05, 0) is 126 Å². The number of allylic oxidation sites excluding steroid dienone is 2. The van der Waals surface area contributed by atoms with Crippen LogP contribution < -0.4 is 32.7 Å². The molecule has 14 heteroatoms. The van der Waals surface area contributed by atoms with Crippen LogP contribution in [0.3, 0.4) is 0 Å². The Balaban J connectivity index is 1.99. The molecule has 2 aliphatic rings. The molecule has 1 fully saturated rings. The fourth-order valence-electron chi connectivity index (χ4n) is 8.08. The van der Waals surface area contributed by atoms with Crippen LogP contribution in [0.5, 0.6) is 5.75 Å². The lowest BCUT2D eigenvalue weighted by Crippen LogP contribution is -2.59. The van der Waals surface area contributed by atoms with Gasteiger partial charge in [-0.2, -0.15) is 0 Å². The summed E-state index contributed by atoms with van der Waals surface area (Å²) in [6.07, 6.45) is 12.0. The van der Waals surface area contributed by atoms with Crippen molar-refractivity contribution in [3.05, 3.63) is 41.5 Å². The number of nitrogens with one attached hydrogen (secondary N) is 4. The lowest BCUT2D eigenvalue weighted by atomic mass is 9.85. The fourth-order valence-corrected chi connectivity index (χ4v) is 8.08. The zero-order chi connectivity index (χ0) is 44.2. The quantitative estimate of drug-likeness (QED) is 0.106. The number of ketones is 2. The Kier molecular flexibility index (Phi) is 22.0. The number of carbonyl (C=O) groups excluding carboxylic acids is 6. The molecule has 0 aliphatic carbocycles. The number of rotatable bonds is 14. The number of hydrogen-bond donors (Lipinski definition) is 7. The standard InChI is InChI=1S/C46H75N7O7/c1-6-31(4)42(41(56)29-35(32(5)54)26-30(2)3)52-44(58)38-28-33-20-21-40(55)34(27-33)16-9-7-8-13-23-49-24-14-11-17-36(48)43(57)50-37(18-10-12-22-47)46(60)53-25-15-19-39(53)45(59)51-38/h7,9,20-21,27,30-31,35-39,42,49,55H,6,8,10-19,22-26,28-29,47-48H2,1-5H3,(H,50,57)(H,51,59)(H,52,58)/t31?,35-,36+,37+,38+,39+,42+/m1/s1. The highest BCUT2D eigenvalue weighted by Gasteiger charge is 2.40. The van der Waals surface area contributed by atoms with E-state index < -0.39 is 53.8 Å². The van der Waals surface area contributed by atoms with Gasteiger partial charge in [-0.25, -0.2) is 0 Å². The summed E-state index contributed by atoms with van der Waals surface area (Å²) in [5.41, 5.74) is 13.4. The third-order valence-corrected chi connectivity index (χ3v) is 11.9. The number of unbranched alkanes of at least 4 members (excludes halogenated alkanes) is 1. The maximum Gasteiger partial charge on any atom is 0.245 e. The summed E-state index contributed by atoms with van der Waals surface area (Å²) in [6, 6.07) is 0.456. The van der Waals surface area contributed by atoms with Gasteiger partial charge in [0.25, 0.3) is 0 Å². The molecular weight excluding hydrogens is 763 g/mol. The maximum absolute atomic E-state index is 14.4. The highest BCUT2D eigenvalue weighted by atomic mass is 16.3. The number of fused-ring (bicyclic) bond motifs is 3. The van der Waals surface area contributed by atoms with Crippen molar-refractivity contribution in [1.29, 1.82) is 0 Å². The topological polar surface area (TPSA) is 226 Å². The molecule has 1 unspecified atom stereocenters. The molecule has 4 amide bonds. The number of nitrogens with zero attached hydrogens (tertiary/aromatic N) is 1. The highest BCUT2D eigenvalue weighted by Crippen LogP contribution is 2.24. The molecule has 2 heterocycles. The summed E-state index contributed by atoms with van der Waals surface area (Å²) in [5, 5.41) is 23.0. The second-order valence-electron chi connectivity index (χ2n) is 17.4. The van der Waals surface area contributed by atoms with Gasteiger partial charge in [-0.15, -0.1) is 0 Å². The van der Waals surface area contributed by atoms with Gasteiger partial charge in [0.2, 0.25) is 23.6 Å². The molecule has 1 aromatic rings. The monoisotopic (exact) mass is 838 g/mol. The minimum Gasteiger partial charge on any atom is -0.508 e. The SMILES string of the molecule is CCC(C)[C@H](NC(=O)[C@@H]1Cc2ccc(O)c(c2)CC=CCCCNCCCC[C@H](N)C(=O)N[C@@H](CCCCN)C(=O)N2CCC[C@H]2C(=O)N1)C(=O)C[C@@H](CC(C)C)C(C)=O. The van der Waals surface area contributed by atoms with Gasteiger partial charge in [0.05, 0.1) is 12.1 Å². The number of amides is 4.